The molecule has 7 nitrogen and oxygen atoms in total. The Bertz CT molecular complexity index is 1280. The molecule has 1 aliphatic rings. The number of likely N-dealkylation sites (N-methyl/N-ethyl adjacent to an activating group) is 1. The number of amides is 1. The molecule has 0 spiro atoms. The molecule has 9 heteroatoms. The molecule has 1 aliphatic heterocycles. The number of aromatic nitrogens is 2. The minimum Gasteiger partial charge on any atom is -0.477 e. The van der Waals surface area contributed by atoms with Crippen molar-refractivity contribution in [2.45, 2.75) is 12.6 Å². The van der Waals surface area contributed by atoms with Crippen molar-refractivity contribution in [1.29, 1.82) is 0 Å². The molecule has 0 saturated carbocycles. The van der Waals surface area contributed by atoms with E-state index in [1.54, 1.807) is 18.4 Å². The van der Waals surface area contributed by atoms with Crippen molar-refractivity contribution >= 4 is 44.5 Å². The molecule has 4 heterocycles. The normalized spacial score (nSPS) is 15.6. The predicted octanol–water partition coefficient (Wildman–Crippen LogP) is 3.23. The van der Waals surface area contributed by atoms with Crippen molar-refractivity contribution in [3.63, 3.8) is 0 Å². The molecule has 5 rings (SSSR count). The standard InChI is InChI=1S/C21H18N4O3S2/c1-22-19(26)15-9-25(13-5-2-3-6-14(13)28-15)10-17-23-20(27)18-12(11-30-21(18)24-17)16-7-4-8-29-16/h2-8,11,15H,9-10H2,1H3,(H,22,26)(H,23,24,27)/t15-/m0/s1. The van der Waals surface area contributed by atoms with Gasteiger partial charge in [-0.3, -0.25) is 9.59 Å². The minimum absolute atomic E-state index is 0.149. The molecule has 0 bridgehead atoms. The molecule has 2 N–H and O–H groups in total. The van der Waals surface area contributed by atoms with Crippen molar-refractivity contribution in [3.8, 4) is 16.2 Å². The number of fused-ring (bicyclic) bond motifs is 2. The van der Waals surface area contributed by atoms with Crippen molar-refractivity contribution in [3.05, 3.63) is 63.3 Å². The zero-order chi connectivity index (χ0) is 20.7. The number of para-hydroxylation sites is 2. The summed E-state index contributed by atoms with van der Waals surface area (Å²) in [4.78, 5) is 36.5. The average molecular weight is 439 g/mol. The van der Waals surface area contributed by atoms with E-state index in [0.717, 1.165) is 16.1 Å². The van der Waals surface area contributed by atoms with Gasteiger partial charge in [-0.25, -0.2) is 4.98 Å². The number of anilines is 1. The second kappa shape index (κ2) is 7.58. The highest BCUT2D eigenvalue weighted by Gasteiger charge is 2.30. The van der Waals surface area contributed by atoms with Gasteiger partial charge < -0.3 is 19.9 Å². The maximum absolute atomic E-state index is 12.9. The number of aromatic amines is 1. The number of nitrogens with zero attached hydrogens (tertiary/aromatic N) is 2. The van der Waals surface area contributed by atoms with Gasteiger partial charge in [0.15, 0.2) is 6.10 Å². The van der Waals surface area contributed by atoms with Crippen LogP contribution in [0.1, 0.15) is 5.82 Å². The van der Waals surface area contributed by atoms with Gasteiger partial charge in [-0.05, 0) is 23.6 Å². The highest BCUT2D eigenvalue weighted by molar-refractivity contribution is 7.18. The molecule has 1 aromatic carbocycles. The van der Waals surface area contributed by atoms with Crippen molar-refractivity contribution in [1.82, 2.24) is 15.3 Å². The summed E-state index contributed by atoms with van der Waals surface area (Å²) in [6, 6.07) is 11.5. The molecule has 0 fully saturated rings. The molecule has 1 atom stereocenters. The van der Waals surface area contributed by atoms with Gasteiger partial charge >= 0.3 is 0 Å². The maximum atomic E-state index is 12.9. The van der Waals surface area contributed by atoms with E-state index in [1.807, 2.05) is 52.1 Å². The number of benzene rings is 1. The second-order valence-corrected chi connectivity index (χ2v) is 8.69. The highest BCUT2D eigenvalue weighted by atomic mass is 32.1. The molecule has 4 aromatic rings. The molecule has 0 unspecified atom stereocenters. The van der Waals surface area contributed by atoms with E-state index >= 15 is 0 Å². The van der Waals surface area contributed by atoms with Crippen LogP contribution in [0, 0.1) is 0 Å². The van der Waals surface area contributed by atoms with E-state index in [2.05, 4.69) is 10.3 Å². The topological polar surface area (TPSA) is 87.3 Å². The van der Waals surface area contributed by atoms with Gasteiger partial charge in [-0.1, -0.05) is 18.2 Å². The number of carbonyl (C=O) groups excluding carboxylic acids is 1. The molecule has 152 valence electrons. The second-order valence-electron chi connectivity index (χ2n) is 6.89. The Morgan fingerprint density at radius 1 is 1.30 bits per heavy atom. The number of carbonyl (C=O) groups is 1. The van der Waals surface area contributed by atoms with Gasteiger partial charge in [0.1, 0.15) is 16.4 Å². The zero-order valence-corrected chi connectivity index (χ0v) is 17.7. The van der Waals surface area contributed by atoms with Crippen LogP contribution in [0.5, 0.6) is 5.75 Å². The number of hydrogen-bond donors (Lipinski definition) is 2. The van der Waals surface area contributed by atoms with Crippen LogP contribution in [0.3, 0.4) is 0 Å². The first-order chi connectivity index (χ1) is 14.6. The fraction of sp³-hybridized carbons (Fsp3) is 0.190. The number of ether oxygens (including phenoxy) is 1. The molecule has 0 aliphatic carbocycles. The Labute approximate surface area is 180 Å². The average Bonchev–Trinajstić information content (AvgIpc) is 3.43. The molecule has 3 aromatic heterocycles. The smallest absolute Gasteiger partial charge is 0.262 e. The molecular formula is C21H18N4O3S2. The van der Waals surface area contributed by atoms with E-state index in [1.165, 1.54) is 11.3 Å². The van der Waals surface area contributed by atoms with E-state index in [4.69, 9.17) is 9.72 Å². The lowest BCUT2D eigenvalue weighted by Gasteiger charge is -2.35. The summed E-state index contributed by atoms with van der Waals surface area (Å²) in [7, 11) is 1.59. The summed E-state index contributed by atoms with van der Waals surface area (Å²) in [5.74, 6) is 1.00. The first-order valence-electron chi connectivity index (χ1n) is 9.40. The van der Waals surface area contributed by atoms with Gasteiger partial charge in [0.2, 0.25) is 0 Å². The Kier molecular flexibility index (Phi) is 4.76. The minimum atomic E-state index is -0.632. The monoisotopic (exact) mass is 438 g/mol. The Balaban J connectivity index is 1.51. The molecule has 1 amide bonds. The van der Waals surface area contributed by atoms with Gasteiger partial charge in [-0.2, -0.15) is 0 Å². The largest absolute Gasteiger partial charge is 0.477 e. The SMILES string of the molecule is CNC(=O)[C@@H]1CN(Cc2nc3scc(-c4cccs4)c3c(=O)[nH]2)c2ccccc2O1. The molecular weight excluding hydrogens is 420 g/mol. The third-order valence-corrected chi connectivity index (χ3v) is 6.80. The summed E-state index contributed by atoms with van der Waals surface area (Å²) >= 11 is 3.07. The number of thiophene rings is 2. The van der Waals surface area contributed by atoms with Gasteiger partial charge in [0.25, 0.3) is 11.5 Å². The van der Waals surface area contributed by atoms with Crippen molar-refractivity contribution < 1.29 is 9.53 Å². The summed E-state index contributed by atoms with van der Waals surface area (Å²) in [5.41, 5.74) is 1.64. The first-order valence-corrected chi connectivity index (χ1v) is 11.2. The first kappa shape index (κ1) is 18.8. The summed E-state index contributed by atoms with van der Waals surface area (Å²) in [6.07, 6.45) is -0.632. The van der Waals surface area contributed by atoms with Gasteiger partial charge in [0.05, 0.1) is 24.2 Å². The number of hydrogen-bond acceptors (Lipinski definition) is 7. The van der Waals surface area contributed by atoms with E-state index < -0.39 is 6.10 Å². The fourth-order valence-electron chi connectivity index (χ4n) is 3.62. The summed E-state index contributed by atoms with van der Waals surface area (Å²) in [5, 5.41) is 7.23. The number of rotatable bonds is 4. The number of H-pyrrole nitrogens is 1. The quantitative estimate of drug-likeness (QED) is 0.511. The molecule has 0 radical (unpaired) electrons. The van der Waals surface area contributed by atoms with Crippen LogP contribution in [0.4, 0.5) is 5.69 Å². The van der Waals surface area contributed by atoms with Crippen LogP contribution in [0.15, 0.2) is 52.0 Å². The van der Waals surface area contributed by atoms with Crippen LogP contribution in [-0.2, 0) is 11.3 Å². The molecule has 0 saturated heterocycles. The zero-order valence-electron chi connectivity index (χ0n) is 16.0. The lowest BCUT2D eigenvalue weighted by atomic mass is 10.1. The van der Waals surface area contributed by atoms with Gasteiger partial charge in [0, 0.05) is 22.9 Å². The lowest BCUT2D eigenvalue weighted by Crippen LogP contribution is -2.48. The fourth-order valence-corrected chi connectivity index (χ4v) is 5.40. The number of nitrogens with one attached hydrogen (secondary N) is 2. The Hall–Kier alpha value is -3.17. The Morgan fingerprint density at radius 2 is 2.17 bits per heavy atom. The summed E-state index contributed by atoms with van der Waals surface area (Å²) in [6.45, 7) is 0.731. The van der Waals surface area contributed by atoms with Crippen LogP contribution < -0.4 is 20.5 Å². The highest BCUT2D eigenvalue weighted by Crippen LogP contribution is 2.35. The van der Waals surface area contributed by atoms with Crippen LogP contribution in [0.2, 0.25) is 0 Å². The van der Waals surface area contributed by atoms with Crippen LogP contribution >= 0.6 is 22.7 Å². The van der Waals surface area contributed by atoms with Crippen LogP contribution in [-0.4, -0.2) is 35.6 Å². The Morgan fingerprint density at radius 3 is 2.97 bits per heavy atom. The van der Waals surface area contributed by atoms with E-state index in [0.29, 0.717) is 34.9 Å². The maximum Gasteiger partial charge on any atom is 0.262 e. The lowest BCUT2D eigenvalue weighted by molar-refractivity contribution is -0.127. The van der Waals surface area contributed by atoms with Crippen molar-refractivity contribution in [2.24, 2.45) is 0 Å². The van der Waals surface area contributed by atoms with Crippen molar-refractivity contribution in [2.75, 3.05) is 18.5 Å². The molecule has 30 heavy (non-hydrogen) atoms. The van der Waals surface area contributed by atoms with Gasteiger partial charge in [-0.15, -0.1) is 22.7 Å². The summed E-state index contributed by atoms with van der Waals surface area (Å²) < 4.78 is 5.85. The van der Waals surface area contributed by atoms with E-state index in [-0.39, 0.29) is 11.5 Å². The van der Waals surface area contributed by atoms with Crippen LogP contribution in [0.25, 0.3) is 20.7 Å². The third kappa shape index (κ3) is 3.25. The predicted molar refractivity (Wildman–Crippen MR) is 120 cm³/mol. The van der Waals surface area contributed by atoms with E-state index in [9.17, 15) is 9.59 Å². The third-order valence-electron chi connectivity index (χ3n) is 5.02.